The molecule has 2 nitrogen and oxygen atoms in total. The van der Waals surface area contributed by atoms with E-state index in [1.54, 1.807) is 0 Å². The first-order valence-corrected chi connectivity index (χ1v) is 0. The molecule has 0 fully saturated rings. The first kappa shape index (κ1) is 64.8. The summed E-state index contributed by atoms with van der Waals surface area (Å²) in [4.78, 5) is 0. The summed E-state index contributed by atoms with van der Waals surface area (Å²) >= 11 is 0. The van der Waals surface area contributed by atoms with E-state index >= 15 is 0 Å². The average molecular weight is 189 g/mol. The molecule has 0 aliphatic carbocycles. The molecular weight excluding hydrogens is 189 g/mol. The van der Waals surface area contributed by atoms with Gasteiger partial charge in [-0.25, -0.2) is 0 Å². The average Bonchev–Trinajstić information content (AvgIpc) is 0. The van der Waals surface area contributed by atoms with Gasteiger partial charge in [0.2, 0.25) is 0 Å². The van der Waals surface area contributed by atoms with Crippen molar-refractivity contribution in [2.45, 2.75) is 0 Å². The van der Waals surface area contributed by atoms with Crippen LogP contribution in [0.5, 0.6) is 0 Å². The predicted octanol–water partition coefficient (Wildman–Crippen LogP) is -6.23. The fraction of sp³-hybridized carbons (Fsp3) is 0. The third-order valence-electron chi connectivity index (χ3n) is 0. The molecule has 0 aromatic heterocycles. The van der Waals surface area contributed by atoms with Gasteiger partial charge in [0, 0.05) is 17.1 Å². The minimum absolute atomic E-state index is 0. The maximum atomic E-state index is 0. The Morgan fingerprint density at radius 1 is 0.667 bits per heavy atom. The molecule has 29 valence electrons. The van der Waals surface area contributed by atoms with Gasteiger partial charge in [-0.05, 0) is 0 Å². The maximum Gasteiger partial charge on any atom is 2.00 e. The summed E-state index contributed by atoms with van der Waals surface area (Å²) in [5, 5.41) is 0. The molecule has 1 radical (unpaired) electrons. The predicted molar refractivity (Wildman–Crippen MR) is 1.37 cm³/mol. The normalized spacial score (nSPS) is 0. The van der Waals surface area contributed by atoms with Gasteiger partial charge in [-0.2, -0.15) is 0 Å². The monoisotopic (exact) mass is 189 g/mol. The third-order valence-corrected chi connectivity index (χ3v) is 0. The van der Waals surface area contributed by atoms with Crippen molar-refractivity contribution in [2.24, 2.45) is 0 Å². The second-order valence-corrected chi connectivity index (χ2v) is 0. The summed E-state index contributed by atoms with van der Waals surface area (Å²) in [6.07, 6.45) is 0. The van der Waals surface area contributed by atoms with Crippen molar-refractivity contribution >= 4 is 0 Å². The number of rotatable bonds is 0. The Morgan fingerprint density at radius 3 is 0.667 bits per heavy atom. The smallest absolute Gasteiger partial charge is 2.00 e. The van der Waals surface area contributed by atoms with Gasteiger partial charge in [-0.3, -0.25) is 0 Å². The van der Waals surface area contributed by atoms with Crippen LogP contribution >= 0.6 is 0 Å². The Balaban J connectivity index is 0. The molecule has 0 spiro atoms. The molecule has 0 saturated heterocycles. The van der Waals surface area contributed by atoms with Gasteiger partial charge in [0.1, 0.15) is 0 Å². The fourth-order valence-corrected chi connectivity index (χ4v) is 0. The van der Waals surface area contributed by atoms with E-state index in [0.717, 1.165) is 0 Å². The van der Waals surface area contributed by atoms with Crippen LogP contribution in [-0.4, -0.2) is 0 Å². The Kier molecular flexibility index (Phi) is 476. The molecule has 0 rings (SSSR count). The summed E-state index contributed by atoms with van der Waals surface area (Å²) in [5.74, 6) is 0. The van der Waals surface area contributed by atoms with Gasteiger partial charge in [-0.1, -0.05) is 0 Å². The molecule has 6 heteroatoms. The van der Waals surface area contributed by atoms with Crippen molar-refractivity contribution in [3.8, 4) is 0 Å². The van der Waals surface area contributed by atoms with Crippen LogP contribution in [0.15, 0.2) is 0 Å². The first-order valence-electron chi connectivity index (χ1n) is 0. The molecule has 0 bridgehead atoms. The zero-order chi connectivity index (χ0) is 0. The van der Waals surface area contributed by atoms with Crippen molar-refractivity contribution in [3.05, 3.63) is 0 Å². The van der Waals surface area contributed by atoms with Gasteiger partial charge in [0.25, 0.3) is 0 Å². The fourth-order valence-electron chi connectivity index (χ4n) is 0. The largest absolute Gasteiger partial charge is 2.00 e. The summed E-state index contributed by atoms with van der Waals surface area (Å²) in [6, 6.07) is 0. The Labute approximate surface area is 102 Å². The number of hydrogen-bond donors (Lipinski definition) is 0. The summed E-state index contributed by atoms with van der Waals surface area (Å²) < 4.78 is 0. The molecule has 0 saturated carbocycles. The molecule has 0 aromatic carbocycles. The topological polar surface area (TPSA) is 57.0 Å². The Morgan fingerprint density at radius 2 is 0.667 bits per heavy atom. The Hall–Kier alpha value is 2.96. The van der Waals surface area contributed by atoms with E-state index in [4.69, 9.17) is 0 Å². The summed E-state index contributed by atoms with van der Waals surface area (Å²) in [7, 11) is 0. The van der Waals surface area contributed by atoms with E-state index < -0.39 is 0 Å². The van der Waals surface area contributed by atoms with Crippen LogP contribution in [0.1, 0.15) is 0 Å². The van der Waals surface area contributed by atoms with Crippen molar-refractivity contribution in [2.75, 3.05) is 0 Å². The summed E-state index contributed by atoms with van der Waals surface area (Å²) in [5.41, 5.74) is 0. The van der Waals surface area contributed by atoms with Crippen LogP contribution < -0.4 is 59.1 Å². The zero-order valence-electron chi connectivity index (χ0n) is 3.55. The second-order valence-electron chi connectivity index (χ2n) is 0. The van der Waals surface area contributed by atoms with E-state index in [1.165, 1.54) is 0 Å². The van der Waals surface area contributed by atoms with E-state index in [9.17, 15) is 0 Å². The minimum atomic E-state index is 0. The van der Waals surface area contributed by atoms with Crippen molar-refractivity contribution in [1.29, 1.82) is 0 Å². The molecule has 0 aromatic rings. The zero-order valence-corrected chi connectivity index (χ0v) is 9.83. The van der Waals surface area contributed by atoms with Crippen molar-refractivity contribution in [3.63, 3.8) is 0 Å². The van der Waals surface area contributed by atoms with Crippen molar-refractivity contribution < 1.29 is 104 Å². The van der Waals surface area contributed by atoms with Crippen LogP contribution in [0.4, 0.5) is 0 Å². The van der Waals surface area contributed by atoms with Crippen LogP contribution in [0.25, 0.3) is 0 Å². The summed E-state index contributed by atoms with van der Waals surface area (Å²) in [6.45, 7) is 0. The molecule has 0 N–H and O–H groups in total. The third kappa shape index (κ3) is 28.2. The molecule has 0 aliphatic rings. The molecule has 0 atom stereocenters. The molecule has 0 unspecified atom stereocenters. The second kappa shape index (κ2) is 44.0. The van der Waals surface area contributed by atoms with Crippen LogP contribution in [-0.2, 0) is 45.1 Å². The molecular formula is FeMnNa2O2. The molecule has 0 heterocycles. The molecule has 0 amide bonds. The van der Waals surface area contributed by atoms with E-state index in [-0.39, 0.29) is 104 Å². The van der Waals surface area contributed by atoms with Gasteiger partial charge in [0.15, 0.2) is 0 Å². The molecule has 6 heavy (non-hydrogen) atoms. The van der Waals surface area contributed by atoms with Crippen molar-refractivity contribution in [1.82, 2.24) is 0 Å². The maximum absolute atomic E-state index is 0. The quantitative estimate of drug-likeness (QED) is 0.340. The van der Waals surface area contributed by atoms with Crippen LogP contribution in [0.2, 0.25) is 0 Å². The van der Waals surface area contributed by atoms with Crippen LogP contribution in [0.3, 0.4) is 0 Å². The van der Waals surface area contributed by atoms with E-state index in [1.807, 2.05) is 0 Å². The molecule has 0 aliphatic heterocycles. The van der Waals surface area contributed by atoms with E-state index in [0.29, 0.717) is 0 Å². The number of hydrogen-bond acceptors (Lipinski definition) is 0. The Bertz CT molecular complexity index is 11.5. The van der Waals surface area contributed by atoms with Gasteiger partial charge < -0.3 is 11.0 Å². The standard InChI is InChI=1S/Fe.Mn.2Na.2O/q;+2;2*+1;2*-2. The van der Waals surface area contributed by atoms with Gasteiger partial charge in [-0.15, -0.1) is 0 Å². The van der Waals surface area contributed by atoms with Gasteiger partial charge in [0.05, 0.1) is 0 Å². The minimum Gasteiger partial charge on any atom is -2.00 e. The van der Waals surface area contributed by atoms with Crippen LogP contribution in [0, 0.1) is 0 Å². The van der Waals surface area contributed by atoms with E-state index in [2.05, 4.69) is 0 Å². The first-order chi connectivity index (χ1) is 0. The SMILES string of the molecule is [Fe].[Mn+2].[Na+].[Na+].[O-2].[O-2]. The van der Waals surface area contributed by atoms with Gasteiger partial charge >= 0.3 is 76.2 Å².